The molecule has 0 radical (unpaired) electrons. The van der Waals surface area contributed by atoms with Gasteiger partial charge in [-0.3, -0.25) is 4.98 Å². The van der Waals surface area contributed by atoms with Crippen LogP contribution in [0.2, 0.25) is 0 Å². The lowest BCUT2D eigenvalue weighted by Gasteiger charge is -2.08. The van der Waals surface area contributed by atoms with Crippen LogP contribution in [0, 0.1) is 19.8 Å². The Kier molecular flexibility index (Phi) is 4.26. The first-order valence-corrected chi connectivity index (χ1v) is 10.6. The van der Waals surface area contributed by atoms with E-state index in [9.17, 15) is 0 Å². The first kappa shape index (κ1) is 17.2. The minimum atomic E-state index is -1.44. The second-order valence-electron chi connectivity index (χ2n) is 8.33. The van der Waals surface area contributed by atoms with Crippen LogP contribution >= 0.6 is 0 Å². The molecule has 154 valence electrons. The minimum absolute atomic E-state index is 0.151. The third-order valence-electron chi connectivity index (χ3n) is 5.59. The second kappa shape index (κ2) is 7.66. The lowest BCUT2D eigenvalue weighted by molar-refractivity contribution is 0.646. The zero-order valence-corrected chi connectivity index (χ0v) is 18.2. The predicted molar refractivity (Wildman–Crippen MR) is 128 cm³/mol. The van der Waals surface area contributed by atoms with E-state index in [1.165, 1.54) is 11.1 Å². The standard InChI is InChI=1S/C28H26N2O/c1-17(2)15-20-13-14-29-25(16-20)23-10-6-9-21-22-11-12-24(30-28(22)31-27(21)23)26-18(3)7-5-8-19(26)4/h5-14,16-17H,15H2,1-4H3/i15D2. The SMILES string of the molecule is [2H]C([2H])(c1ccnc(-c2cccc3c2oc2nc(-c4c(C)cccc4C)ccc23)c1)C(C)C. The molecule has 0 amide bonds. The first-order valence-electron chi connectivity index (χ1n) is 11.6. The smallest absolute Gasteiger partial charge is 0.227 e. The summed E-state index contributed by atoms with van der Waals surface area (Å²) in [4.78, 5) is 9.42. The van der Waals surface area contributed by atoms with E-state index in [1.807, 2.05) is 38.1 Å². The number of para-hydroxylation sites is 1. The molecule has 0 bridgehead atoms. The molecular weight excluding hydrogens is 380 g/mol. The number of pyridine rings is 2. The maximum atomic E-state index is 8.48. The molecule has 0 unspecified atom stereocenters. The number of hydrogen-bond donors (Lipinski definition) is 0. The van der Waals surface area contributed by atoms with Crippen LogP contribution in [0.3, 0.4) is 0 Å². The van der Waals surface area contributed by atoms with Gasteiger partial charge in [0.15, 0.2) is 0 Å². The lowest BCUT2D eigenvalue weighted by atomic mass is 9.99. The number of nitrogens with zero attached hydrogens (tertiary/aromatic N) is 2. The summed E-state index contributed by atoms with van der Waals surface area (Å²) in [6.07, 6.45) is 0.227. The van der Waals surface area contributed by atoms with E-state index in [0.717, 1.165) is 27.6 Å². The average molecular weight is 409 g/mol. The molecule has 0 atom stereocenters. The Labute approximate surface area is 185 Å². The van der Waals surface area contributed by atoms with E-state index >= 15 is 0 Å². The number of hydrogen-bond acceptors (Lipinski definition) is 3. The monoisotopic (exact) mass is 408 g/mol. The summed E-state index contributed by atoms with van der Waals surface area (Å²) in [5.41, 5.74) is 7.83. The molecule has 0 N–H and O–H groups in total. The van der Waals surface area contributed by atoms with E-state index < -0.39 is 6.37 Å². The van der Waals surface area contributed by atoms with Crippen molar-refractivity contribution in [3.63, 3.8) is 0 Å². The molecule has 0 aliphatic heterocycles. The molecule has 3 heteroatoms. The van der Waals surface area contributed by atoms with Crippen molar-refractivity contribution in [1.82, 2.24) is 9.97 Å². The van der Waals surface area contributed by atoms with Crippen LogP contribution in [0.1, 0.15) is 33.3 Å². The molecule has 0 spiro atoms. The van der Waals surface area contributed by atoms with Gasteiger partial charge in [-0.2, -0.15) is 0 Å². The molecule has 5 aromatic rings. The predicted octanol–water partition coefficient (Wildman–Crippen LogP) is 7.53. The van der Waals surface area contributed by atoms with Gasteiger partial charge in [-0.1, -0.05) is 44.2 Å². The molecule has 3 aromatic heterocycles. The largest absolute Gasteiger partial charge is 0.437 e. The maximum Gasteiger partial charge on any atom is 0.227 e. The van der Waals surface area contributed by atoms with Gasteiger partial charge >= 0.3 is 0 Å². The van der Waals surface area contributed by atoms with Gasteiger partial charge in [0.05, 0.1) is 11.4 Å². The van der Waals surface area contributed by atoms with E-state index in [2.05, 4.69) is 49.2 Å². The molecule has 0 saturated carbocycles. The summed E-state index contributed by atoms with van der Waals surface area (Å²) in [7, 11) is 0. The van der Waals surface area contributed by atoms with Crippen molar-refractivity contribution in [2.75, 3.05) is 0 Å². The second-order valence-corrected chi connectivity index (χ2v) is 8.33. The highest BCUT2D eigenvalue weighted by molar-refractivity contribution is 6.08. The summed E-state index contributed by atoms with van der Waals surface area (Å²) in [5, 5.41) is 1.93. The van der Waals surface area contributed by atoms with Gasteiger partial charge < -0.3 is 4.42 Å². The van der Waals surface area contributed by atoms with Gasteiger partial charge in [0.2, 0.25) is 5.71 Å². The normalized spacial score (nSPS) is 13.1. The fourth-order valence-electron chi connectivity index (χ4n) is 4.24. The Hall–Kier alpha value is -3.46. The Morgan fingerprint density at radius 1 is 0.903 bits per heavy atom. The van der Waals surface area contributed by atoms with Crippen molar-refractivity contribution < 1.29 is 7.16 Å². The number of rotatable bonds is 4. The van der Waals surface area contributed by atoms with Crippen LogP contribution in [-0.2, 0) is 6.37 Å². The van der Waals surface area contributed by atoms with Crippen LogP contribution in [0.4, 0.5) is 0 Å². The van der Waals surface area contributed by atoms with E-state index in [0.29, 0.717) is 22.6 Å². The maximum absolute atomic E-state index is 8.48. The van der Waals surface area contributed by atoms with Crippen molar-refractivity contribution >= 4 is 22.1 Å². The fourth-order valence-corrected chi connectivity index (χ4v) is 4.24. The number of aromatic nitrogens is 2. The van der Waals surface area contributed by atoms with E-state index in [4.69, 9.17) is 12.1 Å². The third-order valence-corrected chi connectivity index (χ3v) is 5.59. The molecule has 31 heavy (non-hydrogen) atoms. The molecule has 0 fully saturated rings. The highest BCUT2D eigenvalue weighted by atomic mass is 16.3. The van der Waals surface area contributed by atoms with Crippen molar-refractivity contribution in [3.8, 4) is 22.5 Å². The summed E-state index contributed by atoms with van der Waals surface area (Å²) in [6, 6.07) is 19.9. The quantitative estimate of drug-likeness (QED) is 0.308. The molecule has 5 rings (SSSR count). The molecule has 0 aliphatic rings. The van der Waals surface area contributed by atoms with Crippen molar-refractivity contribution in [2.24, 2.45) is 5.92 Å². The van der Waals surface area contributed by atoms with Crippen LogP contribution < -0.4 is 0 Å². The van der Waals surface area contributed by atoms with Crippen molar-refractivity contribution in [2.45, 2.75) is 34.1 Å². The van der Waals surface area contributed by atoms with Crippen molar-refractivity contribution in [3.05, 3.63) is 83.6 Å². The number of aryl methyl sites for hydroxylation is 2. The zero-order chi connectivity index (χ0) is 23.3. The molecule has 0 aliphatic carbocycles. The number of fused-ring (bicyclic) bond motifs is 3. The Bertz CT molecular complexity index is 1480. The van der Waals surface area contributed by atoms with Gasteiger partial charge in [0, 0.05) is 30.8 Å². The van der Waals surface area contributed by atoms with Gasteiger partial charge in [0.1, 0.15) is 5.58 Å². The molecular formula is C28H26N2O. The third kappa shape index (κ3) is 3.50. The Morgan fingerprint density at radius 3 is 2.45 bits per heavy atom. The van der Waals surface area contributed by atoms with Gasteiger partial charge in [-0.15, -0.1) is 0 Å². The van der Waals surface area contributed by atoms with Crippen LogP contribution in [-0.4, -0.2) is 9.97 Å². The van der Waals surface area contributed by atoms with Gasteiger partial charge in [0.25, 0.3) is 0 Å². The lowest BCUT2D eigenvalue weighted by Crippen LogP contribution is -1.95. The molecule has 3 heterocycles. The number of furan rings is 1. The highest BCUT2D eigenvalue weighted by Gasteiger charge is 2.16. The molecule has 0 saturated heterocycles. The fraction of sp³-hybridized carbons (Fsp3) is 0.214. The topological polar surface area (TPSA) is 38.9 Å². The Morgan fingerprint density at radius 2 is 1.68 bits per heavy atom. The highest BCUT2D eigenvalue weighted by Crippen LogP contribution is 2.36. The molecule has 2 aromatic carbocycles. The minimum Gasteiger partial charge on any atom is -0.437 e. The summed E-state index contributed by atoms with van der Waals surface area (Å²) >= 11 is 0. The summed E-state index contributed by atoms with van der Waals surface area (Å²) in [5.74, 6) is -0.151. The molecule has 3 nitrogen and oxygen atoms in total. The average Bonchev–Trinajstić information content (AvgIpc) is 3.17. The summed E-state index contributed by atoms with van der Waals surface area (Å²) < 4.78 is 23.3. The van der Waals surface area contributed by atoms with Crippen molar-refractivity contribution in [1.29, 1.82) is 0 Å². The number of benzene rings is 2. The van der Waals surface area contributed by atoms with Crippen LogP contribution in [0.5, 0.6) is 0 Å². The van der Waals surface area contributed by atoms with Gasteiger partial charge in [-0.05, 0) is 73.2 Å². The van der Waals surface area contributed by atoms with Crippen LogP contribution in [0.25, 0.3) is 44.6 Å². The summed E-state index contributed by atoms with van der Waals surface area (Å²) in [6.45, 7) is 7.97. The first-order chi connectivity index (χ1) is 15.8. The zero-order valence-electron chi connectivity index (χ0n) is 20.2. The van der Waals surface area contributed by atoms with E-state index in [1.54, 1.807) is 12.3 Å². The van der Waals surface area contributed by atoms with Gasteiger partial charge in [-0.25, -0.2) is 4.98 Å². The van der Waals surface area contributed by atoms with Crippen LogP contribution in [0.15, 0.2) is 71.3 Å². The van der Waals surface area contributed by atoms with E-state index in [-0.39, 0.29) is 5.92 Å². The Balaban J connectivity index is 1.69.